The number of nitrogens with one attached hydrogen (secondary N) is 2. The number of carbonyl (C=O) groups is 8. The van der Waals surface area contributed by atoms with Crippen LogP contribution in [0, 0.1) is 0 Å². The molecule has 1 aromatic rings. The van der Waals surface area contributed by atoms with Crippen molar-refractivity contribution in [1.29, 1.82) is 0 Å². The van der Waals surface area contributed by atoms with Crippen LogP contribution in [0.25, 0.3) is 0 Å². The molecule has 1 fully saturated rings. The molecule has 360 valence electrons. The fourth-order valence-electron chi connectivity index (χ4n) is 7.33. The molecule has 1 aliphatic heterocycles. The van der Waals surface area contributed by atoms with Gasteiger partial charge in [-0.2, -0.15) is 0 Å². The third-order valence-electron chi connectivity index (χ3n) is 10.3. The molecule has 2 N–H and O–H groups in total. The molecule has 1 saturated heterocycles. The molecule has 18 nitrogen and oxygen atoms in total. The topological polar surface area (TPSA) is 234 Å². The van der Waals surface area contributed by atoms with Gasteiger partial charge in [-0.1, -0.05) is 114 Å². The van der Waals surface area contributed by atoms with Gasteiger partial charge in [-0.15, -0.1) is 0 Å². The van der Waals surface area contributed by atoms with E-state index in [0.29, 0.717) is 12.0 Å². The van der Waals surface area contributed by atoms with E-state index < -0.39 is 110 Å². The molecule has 0 saturated carbocycles. The quantitative estimate of drug-likeness (QED) is 0.0571. The van der Waals surface area contributed by atoms with Crippen molar-refractivity contribution >= 4 is 47.6 Å². The van der Waals surface area contributed by atoms with Crippen LogP contribution in [0.3, 0.4) is 0 Å². The van der Waals surface area contributed by atoms with Crippen LogP contribution in [0.5, 0.6) is 0 Å². The summed E-state index contributed by atoms with van der Waals surface area (Å²) in [4.78, 5) is 103. The molecule has 64 heavy (non-hydrogen) atoms. The van der Waals surface area contributed by atoms with Gasteiger partial charge in [-0.25, -0.2) is 9.59 Å². The lowest BCUT2D eigenvalue weighted by atomic mass is 9.88. The van der Waals surface area contributed by atoms with Gasteiger partial charge in [0, 0.05) is 41.0 Å². The first kappa shape index (κ1) is 55.0. The monoisotopic (exact) mass is 906 g/mol. The number of carbonyl (C=O) groups excluding carboxylic acids is 8. The summed E-state index contributed by atoms with van der Waals surface area (Å²) in [5, 5.41) is 5.23. The van der Waals surface area contributed by atoms with E-state index in [1.54, 1.807) is 30.3 Å². The summed E-state index contributed by atoms with van der Waals surface area (Å²) in [6, 6.07) is 5.81. The molecule has 2 rings (SSSR count). The maximum Gasteiger partial charge on any atom is 0.366 e. The van der Waals surface area contributed by atoms with Crippen molar-refractivity contribution in [3.05, 3.63) is 35.9 Å². The van der Waals surface area contributed by atoms with Crippen LogP contribution < -0.4 is 10.6 Å². The molecule has 0 spiro atoms. The van der Waals surface area contributed by atoms with Crippen LogP contribution in [0.4, 0.5) is 0 Å². The van der Waals surface area contributed by atoms with Crippen LogP contribution in [0.1, 0.15) is 143 Å². The van der Waals surface area contributed by atoms with Crippen molar-refractivity contribution in [2.75, 3.05) is 20.3 Å². The minimum atomic E-state index is -2.62. The van der Waals surface area contributed by atoms with Crippen molar-refractivity contribution in [2.45, 2.75) is 187 Å². The Balaban J connectivity index is 2.42. The van der Waals surface area contributed by atoms with E-state index in [2.05, 4.69) is 17.6 Å². The zero-order chi connectivity index (χ0) is 47.5. The van der Waals surface area contributed by atoms with Gasteiger partial charge < -0.3 is 48.5 Å². The highest BCUT2D eigenvalue weighted by Gasteiger charge is 2.59. The lowest BCUT2D eigenvalue weighted by Gasteiger charge is -2.48. The minimum Gasteiger partial charge on any atom is -0.465 e. The smallest absolute Gasteiger partial charge is 0.366 e. The molecule has 0 bridgehead atoms. The lowest BCUT2D eigenvalue weighted by molar-refractivity contribution is -0.315. The van der Waals surface area contributed by atoms with Crippen molar-refractivity contribution in [2.24, 2.45) is 0 Å². The van der Waals surface area contributed by atoms with Gasteiger partial charge in [0.1, 0.15) is 25.4 Å². The van der Waals surface area contributed by atoms with E-state index in [1.165, 1.54) is 51.4 Å². The van der Waals surface area contributed by atoms with E-state index in [1.807, 2.05) is 0 Å². The first-order chi connectivity index (χ1) is 30.5. The number of hydrogen-bond donors (Lipinski definition) is 2. The molecule has 0 radical (unpaired) electrons. The summed E-state index contributed by atoms with van der Waals surface area (Å²) in [6.07, 6.45) is 7.26. The third kappa shape index (κ3) is 21.1. The summed E-state index contributed by atoms with van der Waals surface area (Å²) in [7, 11) is 1.00. The Labute approximate surface area is 376 Å². The van der Waals surface area contributed by atoms with Gasteiger partial charge >= 0.3 is 35.8 Å². The fraction of sp³-hybridized carbons (Fsp3) is 0.696. The average Bonchev–Trinajstić information content (AvgIpc) is 3.24. The Morgan fingerprint density at radius 2 is 1.30 bits per heavy atom. The van der Waals surface area contributed by atoms with Gasteiger partial charge in [-0.05, 0) is 12.0 Å². The molecular formula is C46H70N2O16. The zero-order valence-electron chi connectivity index (χ0n) is 38.6. The van der Waals surface area contributed by atoms with E-state index >= 15 is 0 Å². The normalized spacial score (nSPS) is 19.5. The number of benzene rings is 1. The van der Waals surface area contributed by atoms with E-state index in [4.69, 9.17) is 37.9 Å². The Morgan fingerprint density at radius 3 is 1.81 bits per heavy atom. The second-order valence-electron chi connectivity index (χ2n) is 15.9. The minimum absolute atomic E-state index is 0.0812. The fourth-order valence-corrected chi connectivity index (χ4v) is 7.33. The molecule has 2 amide bonds. The molecule has 0 aromatic heterocycles. The molecule has 0 unspecified atom stereocenters. The average molecular weight is 907 g/mol. The summed E-state index contributed by atoms with van der Waals surface area (Å²) in [6.45, 7) is 5.91. The van der Waals surface area contributed by atoms with Crippen molar-refractivity contribution in [3.8, 4) is 0 Å². The highest BCUT2D eigenvalue weighted by molar-refractivity contribution is 5.85. The van der Waals surface area contributed by atoms with Crippen LogP contribution >= 0.6 is 0 Å². The van der Waals surface area contributed by atoms with Crippen molar-refractivity contribution < 1.29 is 76.3 Å². The molecule has 18 heteroatoms. The summed E-state index contributed by atoms with van der Waals surface area (Å²) < 4.78 is 44.8. The summed E-state index contributed by atoms with van der Waals surface area (Å²) >= 11 is 0. The maximum absolute atomic E-state index is 13.9. The van der Waals surface area contributed by atoms with Crippen molar-refractivity contribution in [1.82, 2.24) is 10.6 Å². The molecule has 7 atom stereocenters. The summed E-state index contributed by atoms with van der Waals surface area (Å²) in [5.41, 5.74) is 0.652. The first-order valence-electron chi connectivity index (χ1n) is 22.3. The van der Waals surface area contributed by atoms with Gasteiger partial charge in [0.2, 0.25) is 11.8 Å². The highest BCUT2D eigenvalue weighted by Crippen LogP contribution is 2.37. The van der Waals surface area contributed by atoms with Gasteiger partial charge in [0.15, 0.2) is 18.2 Å². The number of ether oxygens (including phenoxy) is 8. The second kappa shape index (κ2) is 30.1. The molecule has 1 aromatic carbocycles. The maximum atomic E-state index is 13.9. The second-order valence-corrected chi connectivity index (χ2v) is 15.9. The number of methoxy groups -OCH3 is 1. The Hall–Kier alpha value is -5.10. The Morgan fingerprint density at radius 1 is 0.719 bits per heavy atom. The van der Waals surface area contributed by atoms with Crippen LogP contribution in [-0.2, 0) is 82.9 Å². The largest absolute Gasteiger partial charge is 0.465 e. The molecule has 1 heterocycles. The number of hydrogen-bond acceptors (Lipinski definition) is 16. The van der Waals surface area contributed by atoms with Gasteiger partial charge in [0.25, 0.3) is 5.79 Å². The Bertz CT molecular complexity index is 1640. The molecule has 0 aliphatic carbocycles. The highest BCUT2D eigenvalue weighted by atomic mass is 16.7. The molecule has 1 aliphatic rings. The number of rotatable bonds is 30. The van der Waals surface area contributed by atoms with Crippen LogP contribution in [-0.4, -0.2) is 110 Å². The van der Waals surface area contributed by atoms with Gasteiger partial charge in [-0.3, -0.25) is 28.8 Å². The van der Waals surface area contributed by atoms with E-state index in [0.717, 1.165) is 67.4 Å². The number of amides is 2. The van der Waals surface area contributed by atoms with Gasteiger partial charge in [0.05, 0.1) is 26.2 Å². The van der Waals surface area contributed by atoms with Crippen LogP contribution in [0.15, 0.2) is 30.3 Å². The number of unbranched alkanes of at least 4 members (excludes halogenated alkanes) is 12. The predicted octanol–water partition coefficient (Wildman–Crippen LogP) is 5.23. The lowest BCUT2D eigenvalue weighted by Crippen LogP contribution is -2.69. The van der Waals surface area contributed by atoms with Crippen LogP contribution in [0.2, 0.25) is 0 Å². The summed E-state index contributed by atoms with van der Waals surface area (Å²) in [5.74, 6) is -9.46. The number of esters is 6. The van der Waals surface area contributed by atoms with E-state index in [9.17, 15) is 38.4 Å². The van der Waals surface area contributed by atoms with E-state index in [-0.39, 0.29) is 13.0 Å². The SMILES string of the molecule is CCCCCCCCCCCCCCCC(=O)N[C@@H](CO[C@]1(C(=O)OC)C[C@H](OC(C)=O)[C@@H](NC(C)=O)[C@H]([C@@H](OC(C)=O)[C@@H](COC(C)=O)OC(C)=O)O1)C(=O)OCc1ccccc1. The van der Waals surface area contributed by atoms with Crippen molar-refractivity contribution in [3.63, 3.8) is 0 Å². The first-order valence-corrected chi connectivity index (χ1v) is 22.3. The standard InChI is InChI=1S/C46H70N2O16/c1-8-9-10-11-12-13-14-15-16-17-18-19-23-26-40(54)48-37(44(55)59-28-36-24-21-20-22-25-36)29-60-46(45(56)57-7)27-38(61-33(4)51)41(47-31(2)49)43(64-46)42(63-35(6)53)39(62-34(5)52)30-58-32(3)50/h20-22,24-25,37-39,41-43H,8-19,23,26-30H2,1-7H3,(H,47,49)(H,48,54)/t37-,38-,39+,41+,42-,43+,46+/m0/s1. The molecular weight excluding hydrogens is 837 g/mol. The Kier molecular flexibility index (Phi) is 25.9. The third-order valence-corrected chi connectivity index (χ3v) is 10.3. The predicted molar refractivity (Wildman–Crippen MR) is 230 cm³/mol. The zero-order valence-corrected chi connectivity index (χ0v) is 38.6.